The normalized spacial score (nSPS) is 21.9. The minimum Gasteiger partial charge on any atom is -0.383 e. The van der Waals surface area contributed by atoms with E-state index in [4.69, 9.17) is 26.5 Å². The molecule has 0 saturated carbocycles. The summed E-state index contributed by atoms with van der Waals surface area (Å²) in [5.41, 5.74) is 21.3. The van der Waals surface area contributed by atoms with Gasteiger partial charge in [0.2, 0.25) is 0 Å². The lowest BCUT2D eigenvalue weighted by molar-refractivity contribution is -0.0235. The van der Waals surface area contributed by atoms with Gasteiger partial charge in [0.1, 0.15) is 30.8 Å². The Morgan fingerprint density at radius 1 is 1.55 bits per heavy atom. The summed E-state index contributed by atoms with van der Waals surface area (Å²) >= 11 is 0. The van der Waals surface area contributed by atoms with E-state index in [2.05, 4.69) is 31.8 Å². The molecular formula is C15H19N8O3P3. The van der Waals surface area contributed by atoms with Crippen LogP contribution in [-0.2, 0) is 14.0 Å². The molecule has 2 aromatic heterocycles. The fourth-order valence-electron chi connectivity index (χ4n) is 3.13. The summed E-state index contributed by atoms with van der Waals surface area (Å²) in [5, 5.41) is 4.10. The second-order valence-corrected chi connectivity index (χ2v) is 11.4. The fourth-order valence-corrected chi connectivity index (χ4v) is 6.32. The molecule has 3 heterocycles. The van der Waals surface area contributed by atoms with E-state index in [1.54, 1.807) is 0 Å². The number of azide groups is 1. The molecule has 14 heteroatoms. The van der Waals surface area contributed by atoms with Crippen LogP contribution >= 0.6 is 24.4 Å². The maximum absolute atomic E-state index is 10.8. The van der Waals surface area contributed by atoms with E-state index in [1.807, 2.05) is 10.8 Å². The molecule has 1 aliphatic heterocycles. The molecule has 0 radical (unpaired) electrons. The summed E-state index contributed by atoms with van der Waals surface area (Å²) in [7, 11) is 0.964. The van der Waals surface area contributed by atoms with Crippen molar-refractivity contribution in [3.05, 3.63) is 28.5 Å². The molecule has 3 rings (SSSR count). The molecule has 29 heavy (non-hydrogen) atoms. The maximum Gasteiger partial charge on any atom is 0.182 e. The molecule has 0 bridgehead atoms. The van der Waals surface area contributed by atoms with Crippen molar-refractivity contribution >= 4 is 41.2 Å². The number of nitrogen functional groups attached to an aromatic ring is 1. The molecule has 0 amide bonds. The number of nitrogens with zero attached hydrogens (tertiary/aromatic N) is 6. The van der Waals surface area contributed by atoms with Gasteiger partial charge in [-0.1, -0.05) is 25.2 Å². The molecule has 5 atom stereocenters. The van der Waals surface area contributed by atoms with Crippen molar-refractivity contribution < 1.29 is 14.0 Å². The maximum atomic E-state index is 10.8. The Labute approximate surface area is 171 Å². The third-order valence-corrected chi connectivity index (χ3v) is 8.75. The topological polar surface area (TPSA) is 167 Å². The van der Waals surface area contributed by atoms with E-state index in [9.17, 15) is 4.57 Å². The zero-order valence-electron chi connectivity index (χ0n) is 15.2. The van der Waals surface area contributed by atoms with Crippen LogP contribution in [0.3, 0.4) is 0 Å². The Hall–Kier alpha value is -1.87. The first-order chi connectivity index (χ1) is 14.2. The van der Waals surface area contributed by atoms with Crippen molar-refractivity contribution in [1.82, 2.24) is 14.5 Å². The van der Waals surface area contributed by atoms with Crippen LogP contribution in [0, 0.1) is 11.8 Å². The second kappa shape index (κ2) is 10.8. The van der Waals surface area contributed by atoms with Gasteiger partial charge in [-0.3, -0.25) is 4.57 Å². The van der Waals surface area contributed by atoms with Crippen LogP contribution in [0.25, 0.3) is 21.5 Å². The van der Waals surface area contributed by atoms with Crippen molar-refractivity contribution in [3.63, 3.8) is 0 Å². The number of nitrogens with two attached hydrogens (primary N) is 2. The fraction of sp³-hybridized carbons (Fsp3) is 0.467. The number of ether oxygens (including phenoxy) is 2. The number of hydrogen-bond acceptors (Lipinski definition) is 8. The van der Waals surface area contributed by atoms with Crippen LogP contribution < -0.4 is 11.5 Å². The average Bonchev–Trinajstić information content (AvgIpc) is 3.29. The molecule has 3 unspecified atom stereocenters. The molecule has 152 valence electrons. The number of anilines is 1. The van der Waals surface area contributed by atoms with E-state index in [-0.39, 0.29) is 39.9 Å². The van der Waals surface area contributed by atoms with Crippen molar-refractivity contribution in [2.45, 2.75) is 24.9 Å². The molecule has 1 aliphatic rings. The first-order valence-electron chi connectivity index (χ1n) is 8.57. The zero-order chi connectivity index (χ0) is 20.6. The van der Waals surface area contributed by atoms with Crippen molar-refractivity contribution in [2.75, 3.05) is 25.2 Å². The predicted octanol–water partition coefficient (Wildman–Crippen LogP) is 2.74. The SMILES string of the molecule is [N-]=[N+]=NCOC1C[C@H](n2cc(C#CCN)c3c(N)ncnc32)O[C@@H]1CPPP=O. The summed E-state index contributed by atoms with van der Waals surface area (Å²) in [5.74, 6) is 6.17. The minimum atomic E-state index is -0.362. The molecule has 11 nitrogen and oxygen atoms in total. The molecule has 1 fully saturated rings. The van der Waals surface area contributed by atoms with Gasteiger partial charge in [0.25, 0.3) is 0 Å². The molecule has 1 saturated heterocycles. The van der Waals surface area contributed by atoms with Crippen molar-refractivity contribution in [3.8, 4) is 11.8 Å². The van der Waals surface area contributed by atoms with Crippen molar-refractivity contribution in [1.29, 1.82) is 0 Å². The summed E-state index contributed by atoms with van der Waals surface area (Å²) in [4.78, 5) is 11.1. The van der Waals surface area contributed by atoms with Gasteiger partial charge in [-0.15, -0.1) is 0 Å². The van der Waals surface area contributed by atoms with Crippen LogP contribution in [-0.4, -0.2) is 46.2 Å². The number of hydrogen-bond donors (Lipinski definition) is 2. The molecule has 0 aromatic carbocycles. The Balaban J connectivity index is 1.90. The first kappa shape index (κ1) is 21.8. The van der Waals surface area contributed by atoms with Crippen LogP contribution in [0.5, 0.6) is 0 Å². The highest BCUT2D eigenvalue weighted by Gasteiger charge is 2.37. The van der Waals surface area contributed by atoms with Gasteiger partial charge in [-0.2, -0.15) is 0 Å². The minimum absolute atomic E-state index is 0.0757. The summed E-state index contributed by atoms with van der Waals surface area (Å²) in [6.07, 6.45) is 3.63. The van der Waals surface area contributed by atoms with Crippen molar-refractivity contribution in [2.24, 2.45) is 10.8 Å². The highest BCUT2D eigenvalue weighted by atomic mass is 32.4. The Bertz CT molecular complexity index is 984. The van der Waals surface area contributed by atoms with E-state index in [0.29, 0.717) is 51.2 Å². The lowest BCUT2D eigenvalue weighted by Gasteiger charge is -2.17. The van der Waals surface area contributed by atoms with E-state index >= 15 is 0 Å². The third kappa shape index (κ3) is 5.19. The van der Waals surface area contributed by atoms with Gasteiger partial charge in [0.15, 0.2) is 8.15 Å². The predicted molar refractivity (Wildman–Crippen MR) is 114 cm³/mol. The summed E-state index contributed by atoms with van der Waals surface area (Å²) < 4.78 is 24.6. The quantitative estimate of drug-likeness (QED) is 0.155. The monoisotopic (exact) mass is 452 g/mol. The summed E-state index contributed by atoms with van der Waals surface area (Å²) in [6, 6.07) is 0. The smallest absolute Gasteiger partial charge is 0.182 e. The van der Waals surface area contributed by atoms with E-state index in [1.165, 1.54) is 6.33 Å². The molecule has 0 spiro atoms. The lowest BCUT2D eigenvalue weighted by Crippen LogP contribution is -2.26. The number of aromatic nitrogens is 3. The van der Waals surface area contributed by atoms with Gasteiger partial charge >= 0.3 is 0 Å². The first-order valence-corrected chi connectivity index (χ1v) is 13.4. The van der Waals surface area contributed by atoms with Crippen LogP contribution in [0.4, 0.5) is 5.82 Å². The Morgan fingerprint density at radius 3 is 3.17 bits per heavy atom. The third-order valence-electron chi connectivity index (χ3n) is 4.29. The van der Waals surface area contributed by atoms with Gasteiger partial charge in [0.05, 0.1) is 29.7 Å². The molecular weight excluding hydrogens is 433 g/mol. The van der Waals surface area contributed by atoms with Crippen LogP contribution in [0.2, 0.25) is 0 Å². The Morgan fingerprint density at radius 2 is 2.41 bits per heavy atom. The number of fused-ring (bicyclic) bond motifs is 1. The van der Waals surface area contributed by atoms with Crippen LogP contribution in [0.15, 0.2) is 17.6 Å². The number of rotatable bonds is 8. The van der Waals surface area contributed by atoms with Gasteiger partial charge in [-0.05, 0) is 19.7 Å². The lowest BCUT2D eigenvalue weighted by atomic mass is 10.2. The highest BCUT2D eigenvalue weighted by Crippen LogP contribution is 2.49. The van der Waals surface area contributed by atoms with Gasteiger partial charge < -0.3 is 25.5 Å². The summed E-state index contributed by atoms with van der Waals surface area (Å²) in [6.45, 7) is 0.145. The Kier molecular flexibility index (Phi) is 8.11. The largest absolute Gasteiger partial charge is 0.383 e. The highest BCUT2D eigenvalue weighted by molar-refractivity contribution is 8.40. The van der Waals surface area contributed by atoms with Crippen LogP contribution in [0.1, 0.15) is 18.2 Å². The molecule has 4 N–H and O–H groups in total. The van der Waals surface area contributed by atoms with E-state index in [0.717, 1.165) is 0 Å². The average molecular weight is 452 g/mol. The molecule has 2 aromatic rings. The standard InChI is InChI=1S/C15H19N8O3P3/c16-3-1-2-9-5-23(15-13(9)14(17)19-7-20-15)12-4-10(25-8-21-22-18)11(26-12)6-27-29-28-24/h5,7,10-12,27,29H,3-4,6,8,16H2,(H2,17,19,20)/t10?,11-,12-/m1/s1. The van der Waals surface area contributed by atoms with Gasteiger partial charge in [-0.25, -0.2) is 9.97 Å². The molecule has 0 aliphatic carbocycles. The van der Waals surface area contributed by atoms with Gasteiger partial charge in [0, 0.05) is 17.5 Å². The second-order valence-electron chi connectivity index (χ2n) is 5.93. The van der Waals surface area contributed by atoms with E-state index < -0.39 is 0 Å². The zero-order valence-corrected chi connectivity index (χ0v) is 18.1.